The van der Waals surface area contributed by atoms with Gasteiger partial charge in [-0.15, -0.1) is 0 Å². The lowest BCUT2D eigenvalue weighted by Gasteiger charge is -2.21. The highest BCUT2D eigenvalue weighted by Crippen LogP contribution is 2.18. The summed E-state index contributed by atoms with van der Waals surface area (Å²) in [4.78, 5) is 16.4. The van der Waals surface area contributed by atoms with Crippen molar-refractivity contribution in [1.82, 2.24) is 10.3 Å². The predicted octanol–water partition coefficient (Wildman–Crippen LogP) is 2.17. The predicted molar refractivity (Wildman–Crippen MR) is 76.0 cm³/mol. The van der Waals surface area contributed by atoms with Crippen molar-refractivity contribution in [3.63, 3.8) is 0 Å². The number of hydrogen-bond acceptors (Lipinski definition) is 3. The van der Waals surface area contributed by atoms with Gasteiger partial charge in [0.25, 0.3) is 0 Å². The first kappa shape index (κ1) is 12.1. The zero-order valence-corrected chi connectivity index (χ0v) is 10.7. The number of aromatic nitrogens is 1. The maximum atomic E-state index is 12.1. The van der Waals surface area contributed by atoms with Crippen LogP contribution in [-0.4, -0.2) is 24.0 Å². The van der Waals surface area contributed by atoms with Gasteiger partial charge in [-0.05, 0) is 37.6 Å². The number of anilines is 1. The Labute approximate surface area is 112 Å². The number of nitrogens with zero attached hydrogens (tertiary/aromatic N) is 1. The van der Waals surface area contributed by atoms with Gasteiger partial charge in [-0.3, -0.25) is 9.78 Å². The highest BCUT2D eigenvalue weighted by molar-refractivity contribution is 5.95. The molecule has 19 heavy (non-hydrogen) atoms. The Balaban J connectivity index is 1.75. The molecule has 2 N–H and O–H groups in total. The summed E-state index contributed by atoms with van der Waals surface area (Å²) in [5.74, 6) is 0.177. The highest BCUT2D eigenvalue weighted by Gasteiger charge is 2.20. The molecule has 1 aliphatic heterocycles. The molecule has 2 aromatic rings. The van der Waals surface area contributed by atoms with Crippen LogP contribution in [-0.2, 0) is 4.79 Å². The van der Waals surface area contributed by atoms with Gasteiger partial charge in [-0.2, -0.15) is 0 Å². The maximum Gasteiger partial charge on any atom is 0.228 e. The largest absolute Gasteiger partial charge is 0.326 e. The third-order valence-corrected chi connectivity index (χ3v) is 3.54. The number of piperidine rings is 1. The minimum atomic E-state index is 0.0770. The van der Waals surface area contributed by atoms with Crippen LogP contribution >= 0.6 is 0 Å². The molecule has 1 atom stereocenters. The fraction of sp³-hybridized carbons (Fsp3) is 0.333. The van der Waals surface area contributed by atoms with Crippen LogP contribution < -0.4 is 10.6 Å². The summed E-state index contributed by atoms with van der Waals surface area (Å²) in [7, 11) is 0. The molecule has 1 amide bonds. The summed E-state index contributed by atoms with van der Waals surface area (Å²) in [6, 6.07) is 9.76. The van der Waals surface area contributed by atoms with Gasteiger partial charge in [0.05, 0.1) is 11.4 Å². The Bertz CT molecular complexity index is 591. The summed E-state index contributed by atoms with van der Waals surface area (Å²) in [6.07, 6.45) is 3.79. The summed E-state index contributed by atoms with van der Waals surface area (Å²) in [5.41, 5.74) is 1.73. The van der Waals surface area contributed by atoms with Crippen molar-refractivity contribution in [3.05, 3.63) is 36.5 Å². The van der Waals surface area contributed by atoms with Crippen molar-refractivity contribution in [1.29, 1.82) is 0 Å². The van der Waals surface area contributed by atoms with E-state index < -0.39 is 0 Å². The van der Waals surface area contributed by atoms with E-state index in [1.165, 1.54) is 0 Å². The van der Waals surface area contributed by atoms with E-state index in [4.69, 9.17) is 0 Å². The minimum Gasteiger partial charge on any atom is -0.326 e. The van der Waals surface area contributed by atoms with Crippen LogP contribution in [0.5, 0.6) is 0 Å². The number of hydrogen-bond donors (Lipinski definition) is 2. The fourth-order valence-electron chi connectivity index (χ4n) is 2.46. The topological polar surface area (TPSA) is 54.0 Å². The molecule has 1 unspecified atom stereocenters. The van der Waals surface area contributed by atoms with Gasteiger partial charge in [0, 0.05) is 23.8 Å². The molecular weight excluding hydrogens is 238 g/mol. The van der Waals surface area contributed by atoms with Crippen LogP contribution in [0.1, 0.15) is 12.8 Å². The molecule has 0 aliphatic carbocycles. The first-order chi connectivity index (χ1) is 9.33. The SMILES string of the molecule is O=C(Nc1ccc2cccnc2c1)C1CCCNC1. The molecule has 4 nitrogen and oxygen atoms in total. The van der Waals surface area contributed by atoms with E-state index in [1.54, 1.807) is 6.20 Å². The normalized spacial score (nSPS) is 19.3. The number of carbonyl (C=O) groups is 1. The zero-order valence-electron chi connectivity index (χ0n) is 10.7. The molecule has 3 rings (SSSR count). The monoisotopic (exact) mass is 255 g/mol. The molecule has 0 saturated carbocycles. The number of carbonyl (C=O) groups excluding carboxylic acids is 1. The summed E-state index contributed by atoms with van der Waals surface area (Å²) >= 11 is 0. The quantitative estimate of drug-likeness (QED) is 0.864. The molecule has 1 fully saturated rings. The maximum absolute atomic E-state index is 12.1. The Kier molecular flexibility index (Phi) is 3.42. The van der Waals surface area contributed by atoms with E-state index in [1.807, 2.05) is 30.3 Å². The van der Waals surface area contributed by atoms with E-state index in [0.717, 1.165) is 42.5 Å². The average Bonchev–Trinajstić information content (AvgIpc) is 2.48. The second-order valence-corrected chi connectivity index (χ2v) is 4.94. The van der Waals surface area contributed by atoms with Crippen molar-refractivity contribution < 1.29 is 4.79 Å². The average molecular weight is 255 g/mol. The van der Waals surface area contributed by atoms with Gasteiger partial charge in [-0.25, -0.2) is 0 Å². The van der Waals surface area contributed by atoms with Crippen LogP contribution in [0, 0.1) is 5.92 Å². The Morgan fingerprint density at radius 2 is 2.32 bits per heavy atom. The lowest BCUT2D eigenvalue weighted by molar-refractivity contribution is -0.120. The third kappa shape index (κ3) is 2.74. The first-order valence-corrected chi connectivity index (χ1v) is 6.69. The lowest BCUT2D eigenvalue weighted by Crippen LogP contribution is -2.37. The van der Waals surface area contributed by atoms with Crippen molar-refractivity contribution >= 4 is 22.5 Å². The van der Waals surface area contributed by atoms with Gasteiger partial charge in [0.1, 0.15) is 0 Å². The second kappa shape index (κ2) is 5.36. The van der Waals surface area contributed by atoms with Crippen LogP contribution in [0.2, 0.25) is 0 Å². The summed E-state index contributed by atoms with van der Waals surface area (Å²) in [6.45, 7) is 1.79. The third-order valence-electron chi connectivity index (χ3n) is 3.54. The number of nitrogens with one attached hydrogen (secondary N) is 2. The molecule has 98 valence electrons. The Morgan fingerprint density at radius 3 is 3.16 bits per heavy atom. The fourth-order valence-corrected chi connectivity index (χ4v) is 2.46. The minimum absolute atomic E-state index is 0.0770. The molecule has 1 aliphatic rings. The number of fused-ring (bicyclic) bond motifs is 1. The first-order valence-electron chi connectivity index (χ1n) is 6.69. The summed E-state index contributed by atoms with van der Waals surface area (Å²) < 4.78 is 0. The smallest absolute Gasteiger partial charge is 0.228 e. The standard InChI is InChI=1S/C15H17N3O/c19-15(12-4-1-7-16-10-12)18-13-6-5-11-3-2-8-17-14(11)9-13/h2-3,5-6,8-9,12,16H,1,4,7,10H2,(H,18,19). The van der Waals surface area contributed by atoms with E-state index in [9.17, 15) is 4.79 Å². The van der Waals surface area contributed by atoms with E-state index in [0.29, 0.717) is 0 Å². The number of amides is 1. The Hall–Kier alpha value is -1.94. The molecule has 2 heterocycles. The van der Waals surface area contributed by atoms with Gasteiger partial charge in [-0.1, -0.05) is 12.1 Å². The molecular formula is C15H17N3O. The van der Waals surface area contributed by atoms with E-state index in [-0.39, 0.29) is 11.8 Å². The molecule has 1 aromatic carbocycles. The number of rotatable bonds is 2. The van der Waals surface area contributed by atoms with Gasteiger partial charge in [0.2, 0.25) is 5.91 Å². The van der Waals surface area contributed by atoms with E-state index in [2.05, 4.69) is 15.6 Å². The Morgan fingerprint density at radius 1 is 1.37 bits per heavy atom. The number of benzene rings is 1. The van der Waals surface area contributed by atoms with Gasteiger partial charge in [0.15, 0.2) is 0 Å². The van der Waals surface area contributed by atoms with Crippen molar-refractivity contribution in [2.45, 2.75) is 12.8 Å². The highest BCUT2D eigenvalue weighted by atomic mass is 16.1. The molecule has 1 aromatic heterocycles. The van der Waals surface area contributed by atoms with Gasteiger partial charge >= 0.3 is 0 Å². The summed E-state index contributed by atoms with van der Waals surface area (Å²) in [5, 5.41) is 7.33. The van der Waals surface area contributed by atoms with Crippen LogP contribution in [0.15, 0.2) is 36.5 Å². The van der Waals surface area contributed by atoms with Crippen LogP contribution in [0.4, 0.5) is 5.69 Å². The molecule has 4 heteroatoms. The molecule has 0 radical (unpaired) electrons. The van der Waals surface area contributed by atoms with Crippen molar-refractivity contribution in [3.8, 4) is 0 Å². The molecule has 1 saturated heterocycles. The van der Waals surface area contributed by atoms with Gasteiger partial charge < -0.3 is 10.6 Å². The lowest BCUT2D eigenvalue weighted by atomic mass is 9.99. The van der Waals surface area contributed by atoms with Crippen molar-refractivity contribution in [2.24, 2.45) is 5.92 Å². The molecule has 0 spiro atoms. The van der Waals surface area contributed by atoms with Crippen LogP contribution in [0.3, 0.4) is 0 Å². The van der Waals surface area contributed by atoms with Crippen LogP contribution in [0.25, 0.3) is 10.9 Å². The second-order valence-electron chi connectivity index (χ2n) is 4.94. The van der Waals surface area contributed by atoms with E-state index >= 15 is 0 Å². The number of pyridine rings is 1. The zero-order chi connectivity index (χ0) is 13.1. The van der Waals surface area contributed by atoms with Crippen molar-refractivity contribution in [2.75, 3.05) is 18.4 Å². The molecule has 0 bridgehead atoms.